The molecule has 3 rings (SSSR count). The Labute approximate surface area is 143 Å². The first kappa shape index (κ1) is 17.0. The molecule has 0 aromatic heterocycles. The first-order valence-electron chi connectivity index (χ1n) is 8.18. The first-order chi connectivity index (χ1) is 11.5. The fourth-order valence-corrected chi connectivity index (χ4v) is 4.54. The van der Waals surface area contributed by atoms with Gasteiger partial charge in [0.1, 0.15) is 4.90 Å². The Kier molecular flexibility index (Phi) is 5.18. The van der Waals surface area contributed by atoms with Crippen LogP contribution in [0.5, 0.6) is 0 Å². The molecule has 5 nitrogen and oxygen atoms in total. The molecule has 0 spiro atoms. The number of sulfonamides is 1. The van der Waals surface area contributed by atoms with Gasteiger partial charge in [0.15, 0.2) is 0 Å². The van der Waals surface area contributed by atoms with Crippen molar-refractivity contribution in [3.05, 3.63) is 60.2 Å². The minimum Gasteiger partial charge on any atom is -0.398 e. The second kappa shape index (κ2) is 7.34. The van der Waals surface area contributed by atoms with Crippen molar-refractivity contribution in [2.45, 2.75) is 30.3 Å². The molecule has 1 saturated heterocycles. The summed E-state index contributed by atoms with van der Waals surface area (Å²) >= 11 is 0. The van der Waals surface area contributed by atoms with Crippen molar-refractivity contribution in [1.29, 1.82) is 0 Å². The van der Waals surface area contributed by atoms with Crippen molar-refractivity contribution in [1.82, 2.24) is 9.62 Å². The number of nitrogens with two attached hydrogens (primary N) is 1. The summed E-state index contributed by atoms with van der Waals surface area (Å²) in [6.45, 7) is 2.54. The molecule has 0 amide bonds. The van der Waals surface area contributed by atoms with Crippen molar-refractivity contribution < 1.29 is 8.42 Å². The van der Waals surface area contributed by atoms with Crippen LogP contribution in [0.2, 0.25) is 0 Å². The van der Waals surface area contributed by atoms with Gasteiger partial charge in [-0.15, -0.1) is 0 Å². The molecule has 1 aliphatic heterocycles. The van der Waals surface area contributed by atoms with Gasteiger partial charge in [-0.25, -0.2) is 13.1 Å². The van der Waals surface area contributed by atoms with Crippen LogP contribution >= 0.6 is 0 Å². The fraction of sp³-hybridized carbons (Fsp3) is 0.333. The number of piperidine rings is 1. The third kappa shape index (κ3) is 4.14. The average Bonchev–Trinajstić information content (AvgIpc) is 2.56. The van der Waals surface area contributed by atoms with E-state index in [2.05, 4.69) is 21.8 Å². The zero-order valence-corrected chi connectivity index (χ0v) is 14.4. The Morgan fingerprint density at radius 3 is 2.54 bits per heavy atom. The van der Waals surface area contributed by atoms with Gasteiger partial charge in [-0.05, 0) is 37.1 Å². The number of nitrogens with one attached hydrogen (secondary N) is 1. The van der Waals surface area contributed by atoms with Crippen LogP contribution in [0.1, 0.15) is 18.4 Å². The highest BCUT2D eigenvalue weighted by atomic mass is 32.2. The molecule has 1 unspecified atom stereocenters. The van der Waals surface area contributed by atoms with Crippen LogP contribution in [0.25, 0.3) is 0 Å². The van der Waals surface area contributed by atoms with E-state index in [4.69, 9.17) is 5.73 Å². The summed E-state index contributed by atoms with van der Waals surface area (Å²) in [6.07, 6.45) is 1.82. The second-order valence-electron chi connectivity index (χ2n) is 6.22. The van der Waals surface area contributed by atoms with Gasteiger partial charge >= 0.3 is 0 Å². The van der Waals surface area contributed by atoms with Crippen molar-refractivity contribution in [2.24, 2.45) is 0 Å². The van der Waals surface area contributed by atoms with E-state index in [1.54, 1.807) is 24.3 Å². The SMILES string of the molecule is Nc1ccccc1S(=O)(=O)NC1CCCN(Cc2ccccc2)C1. The Bertz CT molecular complexity index is 778. The lowest BCUT2D eigenvalue weighted by atomic mass is 10.1. The van der Waals surface area contributed by atoms with Crippen LogP contribution < -0.4 is 10.5 Å². The first-order valence-corrected chi connectivity index (χ1v) is 9.66. The summed E-state index contributed by atoms with van der Waals surface area (Å²) in [5, 5.41) is 0. The number of nitrogen functional groups attached to an aromatic ring is 1. The number of nitrogens with zero attached hydrogens (tertiary/aromatic N) is 1. The quantitative estimate of drug-likeness (QED) is 0.815. The topological polar surface area (TPSA) is 75.4 Å². The molecule has 0 aliphatic carbocycles. The summed E-state index contributed by atoms with van der Waals surface area (Å²) < 4.78 is 28.0. The van der Waals surface area contributed by atoms with Gasteiger partial charge < -0.3 is 5.73 Å². The van der Waals surface area contributed by atoms with Gasteiger partial charge in [0.05, 0.1) is 5.69 Å². The van der Waals surface area contributed by atoms with Crippen LogP contribution in [0.3, 0.4) is 0 Å². The zero-order valence-electron chi connectivity index (χ0n) is 13.6. The molecule has 2 aromatic rings. The van der Waals surface area contributed by atoms with Gasteiger partial charge in [0, 0.05) is 19.1 Å². The van der Waals surface area contributed by atoms with Crippen molar-refractivity contribution in [2.75, 3.05) is 18.8 Å². The monoisotopic (exact) mass is 345 g/mol. The van der Waals surface area contributed by atoms with Crippen molar-refractivity contribution >= 4 is 15.7 Å². The Morgan fingerprint density at radius 1 is 1.08 bits per heavy atom. The van der Waals surface area contributed by atoms with E-state index in [1.165, 1.54) is 5.56 Å². The van der Waals surface area contributed by atoms with Crippen LogP contribution in [-0.2, 0) is 16.6 Å². The summed E-state index contributed by atoms with van der Waals surface area (Å²) in [7, 11) is -3.59. The molecule has 1 heterocycles. The molecule has 24 heavy (non-hydrogen) atoms. The molecule has 2 aromatic carbocycles. The molecule has 0 saturated carbocycles. The number of benzene rings is 2. The van der Waals surface area contributed by atoms with Crippen LogP contribution in [0, 0.1) is 0 Å². The van der Waals surface area contributed by atoms with E-state index in [9.17, 15) is 8.42 Å². The summed E-state index contributed by atoms with van der Waals surface area (Å²) in [5.41, 5.74) is 7.34. The van der Waals surface area contributed by atoms with Gasteiger partial charge in [0.2, 0.25) is 10.0 Å². The third-order valence-corrected chi connectivity index (χ3v) is 5.88. The Hall–Kier alpha value is -1.89. The highest BCUT2D eigenvalue weighted by molar-refractivity contribution is 7.89. The Balaban J connectivity index is 1.66. The molecular weight excluding hydrogens is 322 g/mol. The molecule has 128 valence electrons. The lowest BCUT2D eigenvalue weighted by Crippen LogP contribution is -2.47. The largest absolute Gasteiger partial charge is 0.398 e. The normalized spacial score (nSPS) is 19.2. The van der Waals surface area contributed by atoms with Gasteiger partial charge in [-0.3, -0.25) is 4.90 Å². The minimum atomic E-state index is -3.59. The maximum absolute atomic E-state index is 12.6. The maximum Gasteiger partial charge on any atom is 0.242 e. The number of anilines is 1. The number of para-hydroxylation sites is 1. The highest BCUT2D eigenvalue weighted by Gasteiger charge is 2.26. The molecular formula is C18H23N3O2S. The molecule has 1 fully saturated rings. The number of likely N-dealkylation sites (tertiary alicyclic amines) is 1. The average molecular weight is 345 g/mol. The number of hydrogen-bond donors (Lipinski definition) is 2. The van der Waals surface area contributed by atoms with Crippen LogP contribution in [0.15, 0.2) is 59.5 Å². The van der Waals surface area contributed by atoms with Crippen molar-refractivity contribution in [3.63, 3.8) is 0 Å². The van der Waals surface area contributed by atoms with E-state index < -0.39 is 10.0 Å². The lowest BCUT2D eigenvalue weighted by Gasteiger charge is -2.33. The predicted octanol–water partition coefficient (Wildman–Crippen LogP) is 2.21. The minimum absolute atomic E-state index is 0.0907. The van der Waals surface area contributed by atoms with E-state index in [-0.39, 0.29) is 16.6 Å². The second-order valence-corrected chi connectivity index (χ2v) is 7.90. The van der Waals surface area contributed by atoms with E-state index in [0.29, 0.717) is 6.54 Å². The number of rotatable bonds is 5. The molecule has 0 bridgehead atoms. The highest BCUT2D eigenvalue weighted by Crippen LogP contribution is 2.20. The standard InChI is InChI=1S/C18H23N3O2S/c19-17-10-4-5-11-18(17)24(22,23)20-16-9-6-12-21(14-16)13-15-7-2-1-3-8-15/h1-5,7-8,10-11,16,20H,6,9,12-14,19H2. The van der Waals surface area contributed by atoms with Crippen molar-refractivity contribution in [3.8, 4) is 0 Å². The van der Waals surface area contributed by atoms with E-state index >= 15 is 0 Å². The van der Waals surface area contributed by atoms with E-state index in [0.717, 1.165) is 25.9 Å². The maximum atomic E-state index is 12.6. The van der Waals surface area contributed by atoms with Crippen LogP contribution in [-0.4, -0.2) is 32.4 Å². The van der Waals surface area contributed by atoms with Crippen LogP contribution in [0.4, 0.5) is 5.69 Å². The fourth-order valence-electron chi connectivity index (χ4n) is 3.15. The van der Waals surface area contributed by atoms with Gasteiger partial charge in [0.25, 0.3) is 0 Å². The summed E-state index contributed by atoms with van der Waals surface area (Å²) in [6, 6.07) is 16.7. The van der Waals surface area contributed by atoms with Gasteiger partial charge in [-0.2, -0.15) is 0 Å². The smallest absolute Gasteiger partial charge is 0.242 e. The van der Waals surface area contributed by atoms with Gasteiger partial charge in [-0.1, -0.05) is 42.5 Å². The molecule has 1 aliphatic rings. The summed E-state index contributed by atoms with van der Waals surface area (Å²) in [4.78, 5) is 2.45. The molecule has 6 heteroatoms. The Morgan fingerprint density at radius 2 is 1.79 bits per heavy atom. The third-order valence-electron chi connectivity index (χ3n) is 4.28. The lowest BCUT2D eigenvalue weighted by molar-refractivity contribution is 0.194. The summed E-state index contributed by atoms with van der Waals surface area (Å²) in [5.74, 6) is 0. The van der Waals surface area contributed by atoms with E-state index in [1.807, 2.05) is 18.2 Å². The zero-order chi connectivity index (χ0) is 17.0. The predicted molar refractivity (Wildman–Crippen MR) is 95.9 cm³/mol. The molecule has 3 N–H and O–H groups in total. The number of hydrogen-bond acceptors (Lipinski definition) is 4. The molecule has 1 atom stereocenters. The molecule has 0 radical (unpaired) electrons.